The molecule has 112 valence electrons. The molecule has 21 heavy (non-hydrogen) atoms. The Morgan fingerprint density at radius 1 is 1.10 bits per heavy atom. The topological polar surface area (TPSA) is 12.0 Å². The number of anilines is 1. The summed E-state index contributed by atoms with van der Waals surface area (Å²) < 4.78 is 0. The number of fused-ring (bicyclic) bond motifs is 1. The highest BCUT2D eigenvalue weighted by atomic mass is 28.3. The molecular formula is C19H27NSi. The molecule has 2 aliphatic rings. The summed E-state index contributed by atoms with van der Waals surface area (Å²) >= 11 is 0. The van der Waals surface area contributed by atoms with E-state index in [0.29, 0.717) is 0 Å². The molecule has 0 bridgehead atoms. The molecule has 0 amide bonds. The number of rotatable bonds is 3. The first-order valence-corrected chi connectivity index (χ1v) is 11.2. The van der Waals surface area contributed by atoms with Crippen LogP contribution in [0.4, 0.5) is 5.69 Å². The van der Waals surface area contributed by atoms with Gasteiger partial charge in [-0.2, -0.15) is 0 Å². The van der Waals surface area contributed by atoms with Crippen molar-refractivity contribution in [1.82, 2.24) is 0 Å². The molecule has 1 saturated carbocycles. The maximum atomic E-state index is 3.88. The van der Waals surface area contributed by atoms with E-state index in [2.05, 4.69) is 74.4 Å². The Labute approximate surface area is 130 Å². The Hall–Kier alpha value is -1.28. The van der Waals surface area contributed by atoms with Crippen LogP contribution in [0.25, 0.3) is 0 Å². The number of aryl methyl sites for hydroxylation is 1. The average Bonchev–Trinajstić information content (AvgIpc) is 2.80. The summed E-state index contributed by atoms with van der Waals surface area (Å²) in [6, 6.07) is 8.83. The molecule has 0 saturated heterocycles. The zero-order valence-corrected chi connectivity index (χ0v) is 14.7. The first kappa shape index (κ1) is 14.6. The van der Waals surface area contributed by atoms with E-state index in [-0.39, 0.29) is 0 Å². The molecule has 2 heteroatoms. The lowest BCUT2D eigenvalue weighted by molar-refractivity contribution is 0.538. The van der Waals surface area contributed by atoms with Crippen LogP contribution in [0.15, 0.2) is 47.7 Å². The van der Waals surface area contributed by atoms with E-state index < -0.39 is 8.24 Å². The zero-order chi connectivity index (χ0) is 15.0. The Morgan fingerprint density at radius 2 is 1.81 bits per heavy atom. The van der Waals surface area contributed by atoms with Gasteiger partial charge in [-0.15, -0.1) is 0 Å². The molecule has 0 aromatic heterocycles. The smallest absolute Gasteiger partial charge is 0.175 e. The van der Waals surface area contributed by atoms with E-state index >= 15 is 0 Å². The molecule has 1 N–H and O–H groups in total. The summed E-state index contributed by atoms with van der Waals surface area (Å²) in [6.07, 6.45) is 9.89. The standard InChI is InChI=1S/C19H27NSi/c1-14-8-10-17(11-9-14)20-21(3,4)19-7-5-6-16-12-15(2)13-18(16)19/h5-11,15-16,18,20H,12-13H2,1-4H3. The van der Waals surface area contributed by atoms with Crippen LogP contribution in [0.5, 0.6) is 0 Å². The van der Waals surface area contributed by atoms with Crippen molar-refractivity contribution >= 4 is 13.9 Å². The van der Waals surface area contributed by atoms with Gasteiger partial charge in [0.25, 0.3) is 0 Å². The summed E-state index contributed by atoms with van der Waals surface area (Å²) in [6.45, 7) is 9.47. The van der Waals surface area contributed by atoms with E-state index in [1.54, 1.807) is 5.20 Å². The number of hydrogen-bond donors (Lipinski definition) is 1. The minimum atomic E-state index is -1.62. The van der Waals surface area contributed by atoms with Crippen LogP contribution >= 0.6 is 0 Å². The highest BCUT2D eigenvalue weighted by Crippen LogP contribution is 2.45. The third-order valence-electron chi connectivity index (χ3n) is 5.11. The van der Waals surface area contributed by atoms with Gasteiger partial charge in [-0.05, 0) is 62.7 Å². The van der Waals surface area contributed by atoms with Crippen LogP contribution in [0, 0.1) is 24.7 Å². The van der Waals surface area contributed by atoms with E-state index in [0.717, 1.165) is 17.8 Å². The molecule has 1 nitrogen and oxygen atoms in total. The quantitative estimate of drug-likeness (QED) is 0.746. The van der Waals surface area contributed by atoms with Gasteiger partial charge >= 0.3 is 0 Å². The second-order valence-corrected chi connectivity index (χ2v) is 11.5. The molecular weight excluding hydrogens is 270 g/mol. The van der Waals surface area contributed by atoms with Gasteiger partial charge in [0.15, 0.2) is 8.24 Å². The predicted molar refractivity (Wildman–Crippen MR) is 94.9 cm³/mol. The monoisotopic (exact) mass is 297 g/mol. The summed E-state index contributed by atoms with van der Waals surface area (Å²) in [5.74, 6) is 2.44. The molecule has 0 heterocycles. The molecule has 1 aromatic carbocycles. The van der Waals surface area contributed by atoms with Gasteiger partial charge in [0.2, 0.25) is 0 Å². The SMILES string of the molecule is Cc1ccc(N[Si](C)(C)C2=CC=CC3CC(C)CC23)cc1. The Morgan fingerprint density at radius 3 is 2.52 bits per heavy atom. The fourth-order valence-corrected chi connectivity index (χ4v) is 6.88. The maximum Gasteiger partial charge on any atom is 0.175 e. The lowest BCUT2D eigenvalue weighted by atomic mass is 9.91. The van der Waals surface area contributed by atoms with Crippen molar-refractivity contribution in [3.63, 3.8) is 0 Å². The fourth-order valence-electron chi connectivity index (χ4n) is 4.07. The number of allylic oxidation sites excluding steroid dienone is 4. The summed E-state index contributed by atoms with van der Waals surface area (Å²) in [5.41, 5.74) is 2.60. The van der Waals surface area contributed by atoms with Gasteiger partial charge in [-0.1, -0.05) is 48.0 Å². The molecule has 3 atom stereocenters. The largest absolute Gasteiger partial charge is 0.407 e. The molecule has 0 spiro atoms. The van der Waals surface area contributed by atoms with Crippen LogP contribution in [0.1, 0.15) is 25.3 Å². The fraction of sp³-hybridized carbons (Fsp3) is 0.474. The average molecular weight is 298 g/mol. The first-order chi connectivity index (χ1) is 9.95. The first-order valence-electron chi connectivity index (χ1n) is 8.19. The second kappa shape index (κ2) is 5.49. The third kappa shape index (κ3) is 3.01. The van der Waals surface area contributed by atoms with Crippen LogP contribution in [-0.2, 0) is 0 Å². The summed E-state index contributed by atoms with van der Waals surface area (Å²) in [4.78, 5) is 3.88. The molecule has 1 aromatic rings. The van der Waals surface area contributed by atoms with E-state index in [1.165, 1.54) is 24.1 Å². The minimum absolute atomic E-state index is 0.782. The molecule has 2 aliphatic carbocycles. The summed E-state index contributed by atoms with van der Waals surface area (Å²) in [5, 5.41) is 1.71. The van der Waals surface area contributed by atoms with Gasteiger partial charge < -0.3 is 4.98 Å². The van der Waals surface area contributed by atoms with Crippen molar-refractivity contribution in [2.75, 3.05) is 4.98 Å². The number of hydrogen-bond acceptors (Lipinski definition) is 1. The van der Waals surface area contributed by atoms with Crippen LogP contribution in [0.3, 0.4) is 0 Å². The number of nitrogens with one attached hydrogen (secondary N) is 1. The number of benzene rings is 1. The molecule has 1 fully saturated rings. The van der Waals surface area contributed by atoms with Crippen molar-refractivity contribution in [2.45, 2.75) is 39.8 Å². The maximum absolute atomic E-state index is 3.88. The van der Waals surface area contributed by atoms with Crippen molar-refractivity contribution in [1.29, 1.82) is 0 Å². The van der Waals surface area contributed by atoms with E-state index in [1.807, 2.05) is 0 Å². The second-order valence-electron chi connectivity index (χ2n) is 7.47. The van der Waals surface area contributed by atoms with Crippen molar-refractivity contribution in [2.24, 2.45) is 17.8 Å². The molecule has 3 unspecified atom stereocenters. The van der Waals surface area contributed by atoms with Crippen molar-refractivity contribution < 1.29 is 0 Å². The lowest BCUT2D eigenvalue weighted by Crippen LogP contribution is -2.43. The highest BCUT2D eigenvalue weighted by molar-refractivity contribution is 6.87. The summed E-state index contributed by atoms with van der Waals surface area (Å²) in [7, 11) is -1.62. The van der Waals surface area contributed by atoms with Gasteiger partial charge in [0.1, 0.15) is 0 Å². The molecule has 3 rings (SSSR count). The van der Waals surface area contributed by atoms with Crippen LogP contribution in [0.2, 0.25) is 13.1 Å². The van der Waals surface area contributed by atoms with Crippen LogP contribution in [-0.4, -0.2) is 8.24 Å². The van der Waals surface area contributed by atoms with Gasteiger partial charge in [0.05, 0.1) is 0 Å². The predicted octanol–water partition coefficient (Wildman–Crippen LogP) is 5.31. The van der Waals surface area contributed by atoms with E-state index in [9.17, 15) is 0 Å². The molecule has 0 radical (unpaired) electrons. The van der Waals surface area contributed by atoms with Gasteiger partial charge in [0, 0.05) is 5.69 Å². The van der Waals surface area contributed by atoms with Gasteiger partial charge in [-0.3, -0.25) is 0 Å². The molecule has 0 aliphatic heterocycles. The van der Waals surface area contributed by atoms with Crippen molar-refractivity contribution in [3.8, 4) is 0 Å². The van der Waals surface area contributed by atoms with Crippen LogP contribution < -0.4 is 4.98 Å². The van der Waals surface area contributed by atoms with Crippen molar-refractivity contribution in [3.05, 3.63) is 53.3 Å². The zero-order valence-electron chi connectivity index (χ0n) is 13.7. The highest BCUT2D eigenvalue weighted by Gasteiger charge is 2.40. The normalized spacial score (nSPS) is 28.2. The Bertz CT molecular complexity index is 568. The van der Waals surface area contributed by atoms with Gasteiger partial charge in [-0.25, -0.2) is 0 Å². The lowest BCUT2D eigenvalue weighted by Gasteiger charge is -2.35. The van der Waals surface area contributed by atoms with E-state index in [4.69, 9.17) is 0 Å². The Balaban J connectivity index is 1.82. The Kier molecular flexibility index (Phi) is 3.83. The third-order valence-corrected chi connectivity index (χ3v) is 8.01. The minimum Gasteiger partial charge on any atom is -0.407 e.